The van der Waals surface area contributed by atoms with Gasteiger partial charge in [-0.25, -0.2) is 22.9 Å². The average Bonchev–Trinajstić information content (AvgIpc) is 3.47. The molecule has 254 valence electrons. The fraction of sp³-hybridized carbons (Fsp3) is 0.250. The van der Waals surface area contributed by atoms with E-state index >= 15 is 8.78 Å². The summed E-state index contributed by atoms with van der Waals surface area (Å²) >= 11 is 2.54. The van der Waals surface area contributed by atoms with Gasteiger partial charge in [-0.15, -0.1) is 11.8 Å². The van der Waals surface area contributed by atoms with Crippen LogP contribution in [0.25, 0.3) is 5.69 Å². The van der Waals surface area contributed by atoms with Gasteiger partial charge >= 0.3 is 5.97 Å². The molecule has 0 saturated carbocycles. The third-order valence-electron chi connectivity index (χ3n) is 6.93. The smallest absolute Gasteiger partial charge is 0.326 e. The number of rotatable bonds is 16. The molecule has 4 rings (SSSR count). The van der Waals surface area contributed by atoms with Crippen molar-refractivity contribution in [2.45, 2.75) is 40.4 Å². The third-order valence-corrected chi connectivity index (χ3v) is 8.93. The van der Waals surface area contributed by atoms with Crippen LogP contribution in [0, 0.1) is 17.5 Å². The number of nitrogens with one attached hydrogen (secondary N) is 1. The number of aliphatic imine (C=N–C) groups is 1. The number of benzene rings is 3. The lowest BCUT2D eigenvalue weighted by molar-refractivity contribution is -0.139. The van der Waals surface area contributed by atoms with Gasteiger partial charge in [0.15, 0.2) is 22.6 Å². The molecule has 1 amide bonds. The number of ether oxygens (including phenoxy) is 2. The first-order valence-electron chi connectivity index (χ1n) is 14.4. The van der Waals surface area contributed by atoms with Crippen LogP contribution in [-0.4, -0.2) is 59.3 Å². The van der Waals surface area contributed by atoms with Crippen molar-refractivity contribution in [1.82, 2.24) is 14.9 Å². The van der Waals surface area contributed by atoms with E-state index in [-0.39, 0.29) is 42.2 Å². The number of carboxylic acid groups (broad SMARTS) is 1. The minimum Gasteiger partial charge on any atom is -0.493 e. The maximum absolute atomic E-state index is 15.2. The Morgan fingerprint density at radius 2 is 1.67 bits per heavy atom. The number of carbonyl (C=O) groups excluding carboxylic acids is 1. The van der Waals surface area contributed by atoms with E-state index in [4.69, 9.17) is 20.9 Å². The summed E-state index contributed by atoms with van der Waals surface area (Å²) < 4.78 is 56.7. The van der Waals surface area contributed by atoms with Gasteiger partial charge in [-0.2, -0.15) is 0 Å². The van der Waals surface area contributed by atoms with Crippen LogP contribution in [0.1, 0.15) is 34.5 Å². The highest BCUT2D eigenvalue weighted by Crippen LogP contribution is 2.35. The zero-order chi connectivity index (χ0) is 34.8. The molecule has 1 atom stereocenters. The maximum atomic E-state index is 15.2. The van der Waals surface area contributed by atoms with Crippen molar-refractivity contribution in [3.63, 3.8) is 0 Å². The van der Waals surface area contributed by atoms with Gasteiger partial charge in [-0.05, 0) is 67.4 Å². The second-order valence-electron chi connectivity index (χ2n) is 10.2. The minimum absolute atomic E-state index is 0.00692. The summed E-state index contributed by atoms with van der Waals surface area (Å²) in [4.78, 5) is 33.5. The predicted molar refractivity (Wildman–Crippen MR) is 177 cm³/mol. The number of amides is 1. The Hall–Kier alpha value is -4.83. The van der Waals surface area contributed by atoms with Gasteiger partial charge in [-0.3, -0.25) is 14.4 Å². The van der Waals surface area contributed by atoms with Gasteiger partial charge in [0.1, 0.15) is 23.5 Å². The highest BCUT2D eigenvalue weighted by atomic mass is 32.2. The van der Waals surface area contributed by atoms with Crippen molar-refractivity contribution in [3.05, 3.63) is 95.1 Å². The van der Waals surface area contributed by atoms with Crippen LogP contribution in [0.3, 0.4) is 0 Å². The molecule has 0 aliphatic carbocycles. The zero-order valence-corrected chi connectivity index (χ0v) is 27.5. The number of halogens is 3. The van der Waals surface area contributed by atoms with Crippen LogP contribution in [0.15, 0.2) is 75.8 Å². The zero-order valence-electron chi connectivity index (χ0n) is 25.9. The number of guanidine groups is 1. The molecule has 16 heteroatoms. The van der Waals surface area contributed by atoms with Crippen LogP contribution >= 0.6 is 23.5 Å². The summed E-state index contributed by atoms with van der Waals surface area (Å²) in [5, 5.41) is 12.1. The van der Waals surface area contributed by atoms with Gasteiger partial charge in [0.25, 0.3) is 5.91 Å². The number of nitrogens with two attached hydrogens (primary N) is 2. The summed E-state index contributed by atoms with van der Waals surface area (Å²) in [7, 11) is 3.09. The largest absolute Gasteiger partial charge is 0.493 e. The molecule has 1 aromatic heterocycles. The predicted octanol–water partition coefficient (Wildman–Crippen LogP) is 5.13. The Balaban J connectivity index is 1.51. The van der Waals surface area contributed by atoms with Crippen LogP contribution in [0.4, 0.5) is 13.2 Å². The lowest BCUT2D eigenvalue weighted by Crippen LogP contribution is -2.41. The molecule has 6 N–H and O–H groups in total. The Kier molecular flexibility index (Phi) is 12.6. The van der Waals surface area contributed by atoms with Crippen molar-refractivity contribution in [2.75, 3.05) is 20.8 Å². The van der Waals surface area contributed by atoms with E-state index in [9.17, 15) is 19.1 Å². The Labute approximate surface area is 282 Å². The van der Waals surface area contributed by atoms with Crippen molar-refractivity contribution in [2.24, 2.45) is 16.5 Å². The molecule has 48 heavy (non-hydrogen) atoms. The SMILES string of the molecule is COc1ccc(SCc2cnc(SCc3c(F)cc(C(=O)NC(CCCN=C(N)N)C(=O)O)cc3F)n2-c2ccc(F)cc2)cc1OC. The van der Waals surface area contributed by atoms with Crippen LogP contribution < -0.4 is 26.3 Å². The molecule has 0 fully saturated rings. The van der Waals surface area contributed by atoms with E-state index in [1.807, 2.05) is 12.1 Å². The van der Waals surface area contributed by atoms with Crippen molar-refractivity contribution in [3.8, 4) is 17.2 Å². The lowest BCUT2D eigenvalue weighted by Gasteiger charge is -2.15. The van der Waals surface area contributed by atoms with Crippen LogP contribution in [0.2, 0.25) is 0 Å². The highest BCUT2D eigenvalue weighted by molar-refractivity contribution is 7.98. The van der Waals surface area contributed by atoms with Crippen molar-refractivity contribution in [1.29, 1.82) is 0 Å². The molecule has 1 unspecified atom stereocenters. The fourth-order valence-electron chi connectivity index (χ4n) is 4.51. The number of thioether (sulfide) groups is 2. The summed E-state index contributed by atoms with van der Waals surface area (Å²) in [5.74, 6) is -3.42. The second kappa shape index (κ2) is 16.8. The number of methoxy groups -OCH3 is 2. The van der Waals surface area contributed by atoms with E-state index in [1.54, 1.807) is 43.2 Å². The van der Waals surface area contributed by atoms with Crippen molar-refractivity contribution < 1.29 is 37.3 Å². The monoisotopic (exact) mass is 702 g/mol. The maximum Gasteiger partial charge on any atom is 0.326 e. The second-order valence-corrected chi connectivity index (χ2v) is 12.2. The van der Waals surface area contributed by atoms with E-state index in [1.165, 1.54) is 23.9 Å². The molecule has 0 saturated heterocycles. The Morgan fingerprint density at radius 1 is 0.979 bits per heavy atom. The number of carbonyl (C=O) groups is 2. The minimum atomic E-state index is -1.32. The average molecular weight is 703 g/mol. The van der Waals surface area contributed by atoms with Crippen molar-refractivity contribution >= 4 is 41.4 Å². The van der Waals surface area contributed by atoms with Crippen LogP contribution in [0.5, 0.6) is 11.5 Å². The molecule has 0 aliphatic rings. The molecular formula is C32H33F3N6O5S2. The third kappa shape index (κ3) is 9.38. The molecule has 1 heterocycles. The quantitative estimate of drug-likeness (QED) is 0.0532. The highest BCUT2D eigenvalue weighted by Gasteiger charge is 2.23. The number of hydrogen-bond acceptors (Lipinski definition) is 8. The van der Waals surface area contributed by atoms with E-state index in [0.29, 0.717) is 28.1 Å². The summed E-state index contributed by atoms with van der Waals surface area (Å²) in [6.07, 6.45) is 1.88. The first-order chi connectivity index (χ1) is 23.0. The Bertz CT molecular complexity index is 1760. The topological polar surface area (TPSA) is 167 Å². The molecule has 0 aliphatic heterocycles. The molecule has 0 bridgehead atoms. The first-order valence-corrected chi connectivity index (χ1v) is 16.3. The number of aromatic nitrogens is 2. The van der Waals surface area contributed by atoms with Crippen LogP contribution in [-0.2, 0) is 16.3 Å². The molecule has 3 aromatic carbocycles. The number of imidazole rings is 1. The first kappa shape index (κ1) is 36.0. The number of nitrogens with zero attached hydrogens (tertiary/aromatic N) is 3. The van der Waals surface area contributed by atoms with E-state index < -0.39 is 35.4 Å². The molecular weight excluding hydrogens is 670 g/mol. The summed E-state index contributed by atoms with van der Waals surface area (Å²) in [6, 6.07) is 11.6. The molecule has 0 spiro atoms. The fourth-order valence-corrected chi connectivity index (χ4v) is 6.41. The van der Waals surface area contributed by atoms with Gasteiger partial charge in [0.05, 0.1) is 26.1 Å². The molecule has 11 nitrogen and oxygen atoms in total. The van der Waals surface area contributed by atoms with Gasteiger partial charge in [-0.1, -0.05) is 11.8 Å². The standard InChI is InChI=1S/C32H33F3N6O5S2/c1-45-27-10-9-22(14-28(27)46-2)47-16-21-15-39-32(41(21)20-7-5-19(33)6-8-20)48-17-23-24(34)12-18(13-25(23)35)29(42)40-26(30(43)44)4-3-11-38-31(36)37/h5-10,12-15,26H,3-4,11,16-17H2,1-2H3,(H,40,42)(H,43,44)(H4,36,37,38). The number of hydrogen-bond donors (Lipinski definition) is 4. The lowest BCUT2D eigenvalue weighted by atomic mass is 10.1. The van der Waals surface area contributed by atoms with Gasteiger partial charge in [0.2, 0.25) is 0 Å². The summed E-state index contributed by atoms with van der Waals surface area (Å²) in [5.41, 5.74) is 11.2. The summed E-state index contributed by atoms with van der Waals surface area (Å²) in [6.45, 7) is 0.148. The normalized spacial score (nSPS) is 11.5. The number of aliphatic carboxylic acids is 1. The van der Waals surface area contributed by atoms with Gasteiger partial charge in [0, 0.05) is 39.8 Å². The number of carboxylic acids is 1. The Morgan fingerprint density at radius 3 is 2.29 bits per heavy atom. The molecule has 4 aromatic rings. The van der Waals surface area contributed by atoms with Gasteiger partial charge < -0.3 is 31.4 Å². The molecule has 0 radical (unpaired) electrons. The van der Waals surface area contributed by atoms with E-state index in [0.717, 1.165) is 34.5 Å². The van der Waals surface area contributed by atoms with E-state index in [2.05, 4.69) is 15.3 Å².